The molecule has 0 saturated carbocycles. The van der Waals surface area contributed by atoms with Crippen LogP contribution < -0.4 is 9.47 Å². The van der Waals surface area contributed by atoms with Crippen LogP contribution in [0.25, 0.3) is 11.1 Å². The van der Waals surface area contributed by atoms with Crippen LogP contribution in [0.5, 0.6) is 11.5 Å². The summed E-state index contributed by atoms with van der Waals surface area (Å²) in [6.45, 7) is 0. The van der Waals surface area contributed by atoms with E-state index in [1.807, 2.05) is 36.0 Å². The fourth-order valence-electron chi connectivity index (χ4n) is 1.99. The molecule has 0 atom stereocenters. The van der Waals surface area contributed by atoms with Gasteiger partial charge < -0.3 is 14.0 Å². The average molecular weight is 242 g/mol. The highest BCUT2D eigenvalue weighted by atomic mass is 16.5. The van der Waals surface area contributed by atoms with E-state index in [9.17, 15) is 0 Å². The summed E-state index contributed by atoms with van der Waals surface area (Å²) in [6, 6.07) is 7.81. The molecule has 1 heterocycles. The molecule has 0 aliphatic carbocycles. The summed E-state index contributed by atoms with van der Waals surface area (Å²) in [4.78, 5) is 0. The number of hydrogen-bond donors (Lipinski definition) is 0. The number of aromatic nitrogens is 1. The summed E-state index contributed by atoms with van der Waals surface area (Å²) in [5.74, 6) is 1.30. The molecule has 0 bridgehead atoms. The Morgan fingerprint density at radius 1 is 1.11 bits per heavy atom. The number of benzene rings is 1. The SMILES string of the molecule is COc1cccc(-c2cn(C)cc2C#N)c1OC. The molecule has 1 aromatic heterocycles. The second-order valence-electron chi connectivity index (χ2n) is 3.90. The van der Waals surface area contributed by atoms with Crippen LogP contribution >= 0.6 is 0 Å². The lowest BCUT2D eigenvalue weighted by molar-refractivity contribution is 0.356. The first-order chi connectivity index (χ1) is 8.71. The third kappa shape index (κ3) is 1.91. The van der Waals surface area contributed by atoms with E-state index in [0.717, 1.165) is 11.1 Å². The fraction of sp³-hybridized carbons (Fsp3) is 0.214. The van der Waals surface area contributed by atoms with Gasteiger partial charge in [0.15, 0.2) is 11.5 Å². The van der Waals surface area contributed by atoms with E-state index in [4.69, 9.17) is 14.7 Å². The predicted molar refractivity (Wildman–Crippen MR) is 68.7 cm³/mol. The van der Waals surface area contributed by atoms with Gasteiger partial charge in [-0.2, -0.15) is 5.26 Å². The van der Waals surface area contributed by atoms with Crippen molar-refractivity contribution in [3.05, 3.63) is 36.2 Å². The Hall–Kier alpha value is -2.41. The highest BCUT2D eigenvalue weighted by Crippen LogP contribution is 2.39. The number of aryl methyl sites for hydroxylation is 1. The van der Waals surface area contributed by atoms with Crippen LogP contribution in [0, 0.1) is 11.3 Å². The third-order valence-electron chi connectivity index (χ3n) is 2.77. The molecule has 1 aromatic carbocycles. The predicted octanol–water partition coefficient (Wildman–Crippen LogP) is 2.58. The number of methoxy groups -OCH3 is 2. The van der Waals surface area contributed by atoms with Crippen molar-refractivity contribution in [2.75, 3.05) is 14.2 Å². The Kier molecular flexibility index (Phi) is 3.24. The molecule has 92 valence electrons. The van der Waals surface area contributed by atoms with Crippen LogP contribution in [0.2, 0.25) is 0 Å². The number of rotatable bonds is 3. The standard InChI is InChI=1S/C14H14N2O2/c1-16-8-10(7-15)12(9-16)11-5-4-6-13(17-2)14(11)18-3/h4-6,8-9H,1-3H3. The maximum absolute atomic E-state index is 9.15. The van der Waals surface area contributed by atoms with Crippen LogP contribution in [0.15, 0.2) is 30.6 Å². The van der Waals surface area contributed by atoms with Gasteiger partial charge in [0.2, 0.25) is 0 Å². The Labute approximate surface area is 106 Å². The van der Waals surface area contributed by atoms with Gasteiger partial charge in [0.1, 0.15) is 6.07 Å². The van der Waals surface area contributed by atoms with Gasteiger partial charge in [-0.1, -0.05) is 12.1 Å². The zero-order chi connectivity index (χ0) is 13.1. The van der Waals surface area contributed by atoms with Crippen molar-refractivity contribution in [2.45, 2.75) is 0 Å². The fourth-order valence-corrected chi connectivity index (χ4v) is 1.99. The minimum atomic E-state index is 0.615. The topological polar surface area (TPSA) is 47.2 Å². The van der Waals surface area contributed by atoms with Gasteiger partial charge in [-0.25, -0.2) is 0 Å². The van der Waals surface area contributed by atoms with Crippen LogP contribution in [-0.4, -0.2) is 18.8 Å². The molecular weight excluding hydrogens is 228 g/mol. The summed E-state index contributed by atoms with van der Waals surface area (Å²) in [7, 11) is 5.07. The summed E-state index contributed by atoms with van der Waals surface area (Å²) >= 11 is 0. The Morgan fingerprint density at radius 3 is 2.50 bits per heavy atom. The second kappa shape index (κ2) is 4.84. The second-order valence-corrected chi connectivity index (χ2v) is 3.90. The summed E-state index contributed by atoms with van der Waals surface area (Å²) in [5, 5.41) is 9.15. The van der Waals surface area contributed by atoms with E-state index in [-0.39, 0.29) is 0 Å². The van der Waals surface area contributed by atoms with E-state index in [1.54, 1.807) is 20.4 Å². The molecule has 0 aliphatic rings. The van der Waals surface area contributed by atoms with Crippen LogP contribution in [-0.2, 0) is 7.05 Å². The minimum Gasteiger partial charge on any atom is -0.493 e. The molecule has 0 amide bonds. The van der Waals surface area contributed by atoms with Gasteiger partial charge in [0, 0.05) is 30.6 Å². The number of ether oxygens (including phenoxy) is 2. The molecule has 0 aliphatic heterocycles. The minimum absolute atomic E-state index is 0.615. The lowest BCUT2D eigenvalue weighted by Crippen LogP contribution is -1.93. The molecule has 0 N–H and O–H groups in total. The molecule has 0 radical (unpaired) electrons. The molecule has 0 saturated heterocycles. The van der Waals surface area contributed by atoms with E-state index >= 15 is 0 Å². The largest absolute Gasteiger partial charge is 0.493 e. The van der Waals surface area contributed by atoms with E-state index in [0.29, 0.717) is 17.1 Å². The van der Waals surface area contributed by atoms with E-state index in [2.05, 4.69) is 6.07 Å². The molecule has 0 spiro atoms. The van der Waals surface area contributed by atoms with E-state index in [1.165, 1.54) is 0 Å². The first kappa shape index (κ1) is 12.1. The lowest BCUT2D eigenvalue weighted by atomic mass is 10.0. The monoisotopic (exact) mass is 242 g/mol. The van der Waals surface area contributed by atoms with E-state index < -0.39 is 0 Å². The maximum Gasteiger partial charge on any atom is 0.168 e. The van der Waals surface area contributed by atoms with Gasteiger partial charge in [-0.15, -0.1) is 0 Å². The molecule has 18 heavy (non-hydrogen) atoms. The van der Waals surface area contributed by atoms with Crippen molar-refractivity contribution >= 4 is 0 Å². The van der Waals surface area contributed by atoms with Crippen LogP contribution in [0.3, 0.4) is 0 Å². The number of para-hydroxylation sites is 1. The summed E-state index contributed by atoms with van der Waals surface area (Å²) in [5.41, 5.74) is 2.31. The Balaban J connectivity index is 2.67. The summed E-state index contributed by atoms with van der Waals surface area (Å²) in [6.07, 6.45) is 3.68. The molecular formula is C14H14N2O2. The quantitative estimate of drug-likeness (QED) is 0.831. The number of nitrogens with zero attached hydrogens (tertiary/aromatic N) is 2. The number of nitriles is 1. The first-order valence-electron chi connectivity index (χ1n) is 5.48. The van der Waals surface area contributed by atoms with Crippen molar-refractivity contribution in [2.24, 2.45) is 7.05 Å². The Morgan fingerprint density at radius 2 is 1.89 bits per heavy atom. The smallest absolute Gasteiger partial charge is 0.168 e. The van der Waals surface area contributed by atoms with Crippen LogP contribution in [0.4, 0.5) is 0 Å². The highest BCUT2D eigenvalue weighted by molar-refractivity contribution is 5.77. The molecule has 0 unspecified atom stereocenters. The van der Waals surface area contributed by atoms with Gasteiger partial charge >= 0.3 is 0 Å². The van der Waals surface area contributed by atoms with Gasteiger partial charge in [-0.05, 0) is 6.07 Å². The van der Waals surface area contributed by atoms with Crippen molar-refractivity contribution in [3.8, 4) is 28.7 Å². The van der Waals surface area contributed by atoms with Gasteiger partial charge in [0.25, 0.3) is 0 Å². The average Bonchev–Trinajstić information content (AvgIpc) is 2.78. The zero-order valence-corrected chi connectivity index (χ0v) is 10.6. The first-order valence-corrected chi connectivity index (χ1v) is 5.48. The number of hydrogen-bond acceptors (Lipinski definition) is 3. The van der Waals surface area contributed by atoms with Crippen LogP contribution in [0.1, 0.15) is 5.56 Å². The lowest BCUT2D eigenvalue weighted by Gasteiger charge is -2.11. The zero-order valence-electron chi connectivity index (χ0n) is 10.6. The highest BCUT2D eigenvalue weighted by Gasteiger charge is 2.15. The maximum atomic E-state index is 9.15. The molecule has 2 aromatic rings. The third-order valence-corrected chi connectivity index (χ3v) is 2.77. The molecule has 2 rings (SSSR count). The molecule has 4 heteroatoms. The normalized spacial score (nSPS) is 9.89. The van der Waals surface area contributed by atoms with Crippen molar-refractivity contribution in [3.63, 3.8) is 0 Å². The van der Waals surface area contributed by atoms with Crippen molar-refractivity contribution in [1.29, 1.82) is 5.26 Å². The summed E-state index contributed by atoms with van der Waals surface area (Å²) < 4.78 is 12.5. The van der Waals surface area contributed by atoms with Crippen molar-refractivity contribution in [1.82, 2.24) is 4.57 Å². The molecule has 0 fully saturated rings. The molecule has 4 nitrogen and oxygen atoms in total. The van der Waals surface area contributed by atoms with Crippen molar-refractivity contribution < 1.29 is 9.47 Å². The Bertz CT molecular complexity index is 609. The van der Waals surface area contributed by atoms with Gasteiger partial charge in [0.05, 0.1) is 19.8 Å². The van der Waals surface area contributed by atoms with Gasteiger partial charge in [-0.3, -0.25) is 0 Å².